The molecule has 0 aliphatic carbocycles. The molecule has 0 aromatic heterocycles. The van der Waals surface area contributed by atoms with Gasteiger partial charge in [-0.1, -0.05) is 25.1 Å². The quantitative estimate of drug-likeness (QED) is 0.730. The van der Waals surface area contributed by atoms with E-state index in [1.54, 1.807) is 30.3 Å². The lowest BCUT2D eigenvalue weighted by Gasteiger charge is -2.11. The van der Waals surface area contributed by atoms with Gasteiger partial charge < -0.3 is 15.4 Å². The van der Waals surface area contributed by atoms with Crippen molar-refractivity contribution in [2.45, 2.75) is 26.3 Å². The predicted octanol–water partition coefficient (Wildman–Crippen LogP) is 0.874. The third-order valence-corrected chi connectivity index (χ3v) is 2.81. The molecule has 1 aromatic carbocycles. The number of ether oxygens (including phenoxy) is 1. The van der Waals surface area contributed by atoms with E-state index >= 15 is 0 Å². The van der Waals surface area contributed by atoms with Crippen LogP contribution in [0.15, 0.2) is 30.3 Å². The Balaban J connectivity index is 2.25. The predicted molar refractivity (Wildman–Crippen MR) is 77.6 cm³/mol. The summed E-state index contributed by atoms with van der Waals surface area (Å²) in [7, 11) is 0. The van der Waals surface area contributed by atoms with Crippen molar-refractivity contribution in [3.63, 3.8) is 0 Å². The SMILES string of the molecule is CCC(C)NC(=O)COC(=O)CNC(=O)c1ccccc1. The Bertz CT molecular complexity index is 488. The van der Waals surface area contributed by atoms with Gasteiger partial charge in [0, 0.05) is 11.6 Å². The molecule has 0 aliphatic heterocycles. The first-order chi connectivity index (χ1) is 10.0. The number of hydrogen-bond donors (Lipinski definition) is 2. The smallest absolute Gasteiger partial charge is 0.325 e. The van der Waals surface area contributed by atoms with Crippen LogP contribution in [0.3, 0.4) is 0 Å². The molecule has 1 unspecified atom stereocenters. The van der Waals surface area contributed by atoms with Crippen LogP contribution in [0.1, 0.15) is 30.6 Å². The van der Waals surface area contributed by atoms with E-state index in [1.165, 1.54) is 0 Å². The monoisotopic (exact) mass is 292 g/mol. The molecule has 0 heterocycles. The molecule has 0 spiro atoms. The first-order valence-corrected chi connectivity index (χ1v) is 6.81. The third-order valence-electron chi connectivity index (χ3n) is 2.81. The van der Waals surface area contributed by atoms with Crippen molar-refractivity contribution in [3.8, 4) is 0 Å². The van der Waals surface area contributed by atoms with Gasteiger partial charge in [-0.05, 0) is 25.5 Å². The largest absolute Gasteiger partial charge is 0.454 e. The van der Waals surface area contributed by atoms with Crippen molar-refractivity contribution in [2.75, 3.05) is 13.2 Å². The van der Waals surface area contributed by atoms with E-state index in [0.29, 0.717) is 5.56 Å². The van der Waals surface area contributed by atoms with Gasteiger partial charge in [0.2, 0.25) is 0 Å². The maximum Gasteiger partial charge on any atom is 0.325 e. The van der Waals surface area contributed by atoms with Crippen LogP contribution in [-0.4, -0.2) is 37.0 Å². The number of carbonyl (C=O) groups is 3. The summed E-state index contributed by atoms with van der Waals surface area (Å²) in [6, 6.07) is 8.56. The molecule has 6 nitrogen and oxygen atoms in total. The average Bonchev–Trinajstić information content (AvgIpc) is 2.51. The van der Waals surface area contributed by atoms with Gasteiger partial charge in [0.1, 0.15) is 6.54 Å². The lowest BCUT2D eigenvalue weighted by Crippen LogP contribution is -2.37. The lowest BCUT2D eigenvalue weighted by atomic mass is 10.2. The van der Waals surface area contributed by atoms with Crippen LogP contribution >= 0.6 is 0 Å². The summed E-state index contributed by atoms with van der Waals surface area (Å²) in [5.74, 6) is -1.37. The van der Waals surface area contributed by atoms with Crippen LogP contribution in [0, 0.1) is 0 Å². The van der Waals surface area contributed by atoms with Crippen LogP contribution in [0.5, 0.6) is 0 Å². The maximum atomic E-state index is 11.7. The van der Waals surface area contributed by atoms with E-state index < -0.39 is 5.97 Å². The van der Waals surface area contributed by atoms with Crippen molar-refractivity contribution in [2.24, 2.45) is 0 Å². The molecule has 0 radical (unpaired) electrons. The first-order valence-electron chi connectivity index (χ1n) is 6.81. The molecule has 0 saturated heterocycles. The van der Waals surface area contributed by atoms with E-state index in [-0.39, 0.29) is 31.0 Å². The minimum Gasteiger partial charge on any atom is -0.454 e. The third kappa shape index (κ3) is 6.56. The molecule has 114 valence electrons. The second-order valence-corrected chi connectivity index (χ2v) is 4.59. The Hall–Kier alpha value is -2.37. The van der Waals surface area contributed by atoms with E-state index in [1.807, 2.05) is 13.8 Å². The molecule has 0 fully saturated rings. The van der Waals surface area contributed by atoms with Crippen LogP contribution in [0.4, 0.5) is 0 Å². The van der Waals surface area contributed by atoms with Gasteiger partial charge in [0.25, 0.3) is 11.8 Å². The molecule has 6 heteroatoms. The number of rotatable bonds is 7. The lowest BCUT2D eigenvalue weighted by molar-refractivity contribution is -0.147. The Labute approximate surface area is 123 Å². The number of hydrogen-bond acceptors (Lipinski definition) is 4. The number of nitrogens with one attached hydrogen (secondary N) is 2. The number of amides is 2. The highest BCUT2D eigenvalue weighted by molar-refractivity contribution is 5.96. The van der Waals surface area contributed by atoms with Gasteiger partial charge >= 0.3 is 5.97 Å². The van der Waals surface area contributed by atoms with Gasteiger partial charge in [-0.25, -0.2) is 0 Å². The Morgan fingerprint density at radius 3 is 2.48 bits per heavy atom. The van der Waals surface area contributed by atoms with Crippen LogP contribution in [0.2, 0.25) is 0 Å². The van der Waals surface area contributed by atoms with Crippen molar-refractivity contribution in [1.29, 1.82) is 0 Å². The zero-order chi connectivity index (χ0) is 15.7. The zero-order valence-electron chi connectivity index (χ0n) is 12.2. The summed E-state index contributed by atoms with van der Waals surface area (Å²) in [5, 5.41) is 5.10. The molecule has 1 rings (SSSR count). The molecule has 2 amide bonds. The fraction of sp³-hybridized carbons (Fsp3) is 0.400. The molecule has 21 heavy (non-hydrogen) atoms. The summed E-state index contributed by atoms with van der Waals surface area (Å²) in [6.07, 6.45) is 0.798. The Morgan fingerprint density at radius 2 is 1.86 bits per heavy atom. The fourth-order valence-electron chi connectivity index (χ4n) is 1.46. The Kier molecular flexibility index (Phi) is 6.94. The van der Waals surface area contributed by atoms with Crippen molar-refractivity contribution < 1.29 is 19.1 Å². The normalized spacial score (nSPS) is 11.3. The van der Waals surface area contributed by atoms with E-state index in [9.17, 15) is 14.4 Å². The minimum absolute atomic E-state index is 0.0361. The van der Waals surface area contributed by atoms with Gasteiger partial charge in [0.15, 0.2) is 6.61 Å². The highest BCUT2D eigenvalue weighted by Crippen LogP contribution is 1.97. The molecule has 0 bridgehead atoms. The number of esters is 1. The molecule has 0 saturated carbocycles. The topological polar surface area (TPSA) is 84.5 Å². The standard InChI is InChI=1S/C15H20N2O4/c1-3-11(2)17-13(18)10-21-14(19)9-16-15(20)12-7-5-4-6-8-12/h4-8,11H,3,9-10H2,1-2H3,(H,16,20)(H,17,18). The van der Waals surface area contributed by atoms with Gasteiger partial charge in [-0.2, -0.15) is 0 Å². The van der Waals surface area contributed by atoms with Gasteiger partial charge in [-0.15, -0.1) is 0 Å². The highest BCUT2D eigenvalue weighted by Gasteiger charge is 2.11. The van der Waals surface area contributed by atoms with E-state index in [2.05, 4.69) is 10.6 Å². The van der Waals surface area contributed by atoms with E-state index in [0.717, 1.165) is 6.42 Å². The molecular weight excluding hydrogens is 272 g/mol. The molecule has 2 N–H and O–H groups in total. The van der Waals surface area contributed by atoms with Crippen LogP contribution in [-0.2, 0) is 14.3 Å². The van der Waals surface area contributed by atoms with Crippen molar-refractivity contribution in [3.05, 3.63) is 35.9 Å². The minimum atomic E-state index is -0.654. The van der Waals surface area contributed by atoms with Crippen LogP contribution in [0.25, 0.3) is 0 Å². The number of carbonyl (C=O) groups excluding carboxylic acids is 3. The summed E-state index contributed by atoms with van der Waals surface area (Å²) in [5.41, 5.74) is 0.458. The summed E-state index contributed by atoms with van der Waals surface area (Å²) in [6.45, 7) is 3.19. The molecular formula is C15H20N2O4. The second kappa shape index (κ2) is 8.73. The van der Waals surface area contributed by atoms with Crippen molar-refractivity contribution >= 4 is 17.8 Å². The molecule has 1 aromatic rings. The number of benzene rings is 1. The second-order valence-electron chi connectivity index (χ2n) is 4.59. The molecule has 1 atom stereocenters. The summed E-state index contributed by atoms with van der Waals surface area (Å²) >= 11 is 0. The summed E-state index contributed by atoms with van der Waals surface area (Å²) < 4.78 is 4.77. The highest BCUT2D eigenvalue weighted by atomic mass is 16.5. The maximum absolute atomic E-state index is 11.7. The van der Waals surface area contributed by atoms with Gasteiger partial charge in [-0.3, -0.25) is 14.4 Å². The first kappa shape index (κ1) is 16.7. The van der Waals surface area contributed by atoms with E-state index in [4.69, 9.17) is 4.74 Å². The van der Waals surface area contributed by atoms with Crippen molar-refractivity contribution in [1.82, 2.24) is 10.6 Å². The van der Waals surface area contributed by atoms with Gasteiger partial charge in [0.05, 0.1) is 0 Å². The summed E-state index contributed by atoms with van der Waals surface area (Å²) in [4.78, 5) is 34.5. The Morgan fingerprint density at radius 1 is 1.19 bits per heavy atom. The fourth-order valence-corrected chi connectivity index (χ4v) is 1.46. The average molecular weight is 292 g/mol. The van der Waals surface area contributed by atoms with Crippen LogP contribution < -0.4 is 10.6 Å². The zero-order valence-corrected chi connectivity index (χ0v) is 12.2. The molecule has 0 aliphatic rings.